The summed E-state index contributed by atoms with van der Waals surface area (Å²) in [5.41, 5.74) is -0.518. The Morgan fingerprint density at radius 3 is 2.37 bits per heavy atom. The molecule has 0 aromatic heterocycles. The number of halogens is 4. The Balaban J connectivity index is 2.59. The molecule has 1 rings (SSSR count). The van der Waals surface area contributed by atoms with Crippen molar-refractivity contribution in [3.05, 3.63) is 35.4 Å². The second-order valence-corrected chi connectivity index (χ2v) is 5.16. The fourth-order valence-corrected chi connectivity index (χ4v) is 2.25. The van der Waals surface area contributed by atoms with Gasteiger partial charge in [0.15, 0.2) is 0 Å². The third-order valence-corrected chi connectivity index (χ3v) is 3.15. The van der Waals surface area contributed by atoms with Crippen LogP contribution in [0, 0.1) is 5.92 Å². The zero-order chi connectivity index (χ0) is 14.5. The van der Waals surface area contributed by atoms with Crippen molar-refractivity contribution in [3.8, 4) is 0 Å². The molecule has 0 bridgehead atoms. The number of nitrogens with one attached hydrogen (secondary N) is 1. The van der Waals surface area contributed by atoms with Gasteiger partial charge in [-0.3, -0.25) is 4.79 Å². The summed E-state index contributed by atoms with van der Waals surface area (Å²) in [6, 6.07) is 4.20. The van der Waals surface area contributed by atoms with E-state index in [1.54, 1.807) is 0 Å². The highest BCUT2D eigenvalue weighted by atomic mass is 79.9. The number of alkyl halides is 4. The average Bonchev–Trinajstić information content (AvgIpc) is 2.35. The topological polar surface area (TPSA) is 29.1 Å². The standard InChI is InChI=1S/C13H15BrF3NO/c1-9(6-7-14)8-18-12(19)10-2-4-11(5-3-10)13(15,16)17/h2-5,9H,6-8H2,1H3,(H,18,19). The zero-order valence-electron chi connectivity index (χ0n) is 10.4. The van der Waals surface area contributed by atoms with E-state index in [2.05, 4.69) is 21.2 Å². The number of benzene rings is 1. The highest BCUT2D eigenvalue weighted by Gasteiger charge is 2.30. The highest BCUT2D eigenvalue weighted by molar-refractivity contribution is 9.09. The Morgan fingerprint density at radius 2 is 1.89 bits per heavy atom. The van der Waals surface area contributed by atoms with Crippen LogP contribution in [0.4, 0.5) is 13.2 Å². The predicted octanol–water partition coefficient (Wildman–Crippen LogP) is 3.86. The molecule has 1 aromatic carbocycles. The molecule has 2 nitrogen and oxygen atoms in total. The van der Waals surface area contributed by atoms with E-state index >= 15 is 0 Å². The molecular weight excluding hydrogens is 323 g/mol. The number of amides is 1. The minimum Gasteiger partial charge on any atom is -0.352 e. The minimum absolute atomic E-state index is 0.235. The molecule has 0 saturated heterocycles. The number of carbonyl (C=O) groups is 1. The molecule has 0 aliphatic rings. The van der Waals surface area contributed by atoms with Crippen LogP contribution in [-0.2, 0) is 6.18 Å². The minimum atomic E-state index is -4.38. The highest BCUT2D eigenvalue weighted by Crippen LogP contribution is 2.29. The summed E-state index contributed by atoms with van der Waals surface area (Å²) in [5.74, 6) is -0.0343. The van der Waals surface area contributed by atoms with Crippen LogP contribution >= 0.6 is 15.9 Å². The van der Waals surface area contributed by atoms with E-state index in [0.717, 1.165) is 23.9 Å². The molecule has 0 saturated carbocycles. The van der Waals surface area contributed by atoms with Gasteiger partial charge in [-0.15, -0.1) is 0 Å². The van der Waals surface area contributed by atoms with Crippen LogP contribution in [0.2, 0.25) is 0 Å². The monoisotopic (exact) mass is 337 g/mol. The van der Waals surface area contributed by atoms with Crippen molar-refractivity contribution in [2.75, 3.05) is 11.9 Å². The summed E-state index contributed by atoms with van der Waals surface area (Å²) >= 11 is 3.31. The first-order valence-electron chi connectivity index (χ1n) is 5.86. The van der Waals surface area contributed by atoms with Gasteiger partial charge in [0.1, 0.15) is 0 Å². The second kappa shape index (κ2) is 6.93. The molecule has 0 aliphatic carbocycles. The zero-order valence-corrected chi connectivity index (χ0v) is 12.0. The SMILES string of the molecule is CC(CCBr)CNC(=O)c1ccc(C(F)(F)F)cc1. The molecule has 1 atom stereocenters. The quantitative estimate of drug-likeness (QED) is 0.812. The molecule has 0 fully saturated rings. The fourth-order valence-electron chi connectivity index (χ4n) is 1.47. The van der Waals surface area contributed by atoms with Crippen molar-refractivity contribution >= 4 is 21.8 Å². The van der Waals surface area contributed by atoms with Gasteiger partial charge in [0.25, 0.3) is 5.91 Å². The van der Waals surface area contributed by atoms with Crippen LogP contribution in [0.15, 0.2) is 24.3 Å². The van der Waals surface area contributed by atoms with Crippen molar-refractivity contribution in [1.29, 1.82) is 0 Å². The van der Waals surface area contributed by atoms with Crippen LogP contribution in [0.5, 0.6) is 0 Å². The van der Waals surface area contributed by atoms with E-state index in [1.165, 1.54) is 12.1 Å². The van der Waals surface area contributed by atoms with Crippen LogP contribution in [0.1, 0.15) is 29.3 Å². The van der Waals surface area contributed by atoms with Crippen LogP contribution in [0.25, 0.3) is 0 Å². The van der Waals surface area contributed by atoms with Gasteiger partial charge in [-0.2, -0.15) is 13.2 Å². The summed E-state index contributed by atoms with van der Waals surface area (Å²) in [7, 11) is 0. The van der Waals surface area contributed by atoms with E-state index in [-0.39, 0.29) is 11.5 Å². The number of hydrogen-bond donors (Lipinski definition) is 1. The molecular formula is C13H15BrF3NO. The molecule has 1 amide bonds. The van der Waals surface area contributed by atoms with Crippen LogP contribution < -0.4 is 5.32 Å². The van der Waals surface area contributed by atoms with Gasteiger partial charge < -0.3 is 5.32 Å². The molecule has 0 aliphatic heterocycles. The molecule has 106 valence electrons. The maximum absolute atomic E-state index is 12.4. The molecule has 1 N–H and O–H groups in total. The maximum Gasteiger partial charge on any atom is 0.416 e. The van der Waals surface area contributed by atoms with Crippen molar-refractivity contribution in [2.45, 2.75) is 19.5 Å². The number of carbonyl (C=O) groups excluding carboxylic acids is 1. The lowest BCUT2D eigenvalue weighted by Gasteiger charge is -2.11. The first kappa shape index (κ1) is 16.0. The Hall–Kier alpha value is -1.04. The molecule has 6 heteroatoms. The molecule has 1 unspecified atom stereocenters. The average molecular weight is 338 g/mol. The lowest BCUT2D eigenvalue weighted by atomic mass is 10.1. The summed E-state index contributed by atoms with van der Waals surface area (Å²) in [5, 5.41) is 3.55. The van der Waals surface area contributed by atoms with Crippen molar-refractivity contribution < 1.29 is 18.0 Å². The molecule has 1 aromatic rings. The Bertz CT molecular complexity index is 417. The smallest absolute Gasteiger partial charge is 0.352 e. The summed E-state index contributed by atoms with van der Waals surface area (Å²) < 4.78 is 37.1. The maximum atomic E-state index is 12.4. The summed E-state index contributed by atoms with van der Waals surface area (Å²) in [4.78, 5) is 11.7. The Labute approximate surface area is 118 Å². The summed E-state index contributed by atoms with van der Waals surface area (Å²) in [6.07, 6.45) is -3.45. The van der Waals surface area contributed by atoms with Gasteiger partial charge in [0.2, 0.25) is 0 Å². The first-order valence-corrected chi connectivity index (χ1v) is 6.98. The van der Waals surface area contributed by atoms with E-state index < -0.39 is 11.7 Å². The Morgan fingerprint density at radius 1 is 1.32 bits per heavy atom. The van der Waals surface area contributed by atoms with Crippen LogP contribution in [-0.4, -0.2) is 17.8 Å². The molecule has 0 radical (unpaired) electrons. The van der Waals surface area contributed by atoms with Crippen molar-refractivity contribution in [3.63, 3.8) is 0 Å². The third kappa shape index (κ3) is 5.22. The van der Waals surface area contributed by atoms with E-state index in [1.807, 2.05) is 6.92 Å². The first-order chi connectivity index (χ1) is 8.84. The predicted molar refractivity (Wildman–Crippen MR) is 71.4 cm³/mol. The largest absolute Gasteiger partial charge is 0.416 e. The van der Waals surface area contributed by atoms with E-state index in [4.69, 9.17) is 0 Å². The van der Waals surface area contributed by atoms with E-state index in [9.17, 15) is 18.0 Å². The van der Waals surface area contributed by atoms with Crippen molar-refractivity contribution in [1.82, 2.24) is 5.32 Å². The molecule has 0 heterocycles. The lowest BCUT2D eigenvalue weighted by molar-refractivity contribution is -0.137. The third-order valence-electron chi connectivity index (χ3n) is 2.69. The number of rotatable bonds is 5. The Kier molecular flexibility index (Phi) is 5.85. The van der Waals surface area contributed by atoms with Gasteiger partial charge in [-0.05, 0) is 36.6 Å². The molecule has 0 spiro atoms. The van der Waals surface area contributed by atoms with Crippen LogP contribution in [0.3, 0.4) is 0 Å². The van der Waals surface area contributed by atoms with Crippen molar-refractivity contribution in [2.24, 2.45) is 5.92 Å². The summed E-state index contributed by atoms with van der Waals surface area (Å²) in [6.45, 7) is 2.50. The molecule has 19 heavy (non-hydrogen) atoms. The van der Waals surface area contributed by atoms with Gasteiger partial charge in [-0.1, -0.05) is 22.9 Å². The van der Waals surface area contributed by atoms with Gasteiger partial charge in [0.05, 0.1) is 5.56 Å². The van der Waals surface area contributed by atoms with Gasteiger partial charge >= 0.3 is 6.18 Å². The normalized spacial score (nSPS) is 13.1. The number of hydrogen-bond acceptors (Lipinski definition) is 1. The van der Waals surface area contributed by atoms with Gasteiger partial charge in [0, 0.05) is 17.4 Å². The second-order valence-electron chi connectivity index (χ2n) is 4.37. The fraction of sp³-hybridized carbons (Fsp3) is 0.462. The lowest BCUT2D eigenvalue weighted by Crippen LogP contribution is -2.28. The van der Waals surface area contributed by atoms with E-state index in [0.29, 0.717) is 12.5 Å². The van der Waals surface area contributed by atoms with Gasteiger partial charge in [-0.25, -0.2) is 0 Å².